The van der Waals surface area contributed by atoms with E-state index in [9.17, 15) is 17.6 Å². The minimum absolute atomic E-state index is 0.00845. The molecule has 0 bridgehead atoms. The van der Waals surface area contributed by atoms with Crippen molar-refractivity contribution in [1.82, 2.24) is 4.31 Å². The lowest BCUT2D eigenvalue weighted by molar-refractivity contribution is 0.0995. The molecule has 0 aliphatic heterocycles. The van der Waals surface area contributed by atoms with E-state index in [1.165, 1.54) is 53.0 Å². The molecule has 1 amide bonds. The Morgan fingerprint density at radius 1 is 1.10 bits per heavy atom. The van der Waals surface area contributed by atoms with E-state index in [0.29, 0.717) is 24.4 Å². The Hall–Kier alpha value is -3.17. The molecule has 31 heavy (non-hydrogen) atoms. The highest BCUT2D eigenvalue weighted by atomic mass is 32.2. The molecular weight excluding hydrogens is 423 g/mol. The number of hydrogen-bond donors (Lipinski definition) is 1. The molecule has 2 aromatic carbocycles. The number of amides is 1. The van der Waals surface area contributed by atoms with Crippen molar-refractivity contribution in [2.75, 3.05) is 18.4 Å². The molecule has 0 saturated heterocycles. The molecule has 0 aliphatic rings. The van der Waals surface area contributed by atoms with Gasteiger partial charge < -0.3 is 14.5 Å². The monoisotopic (exact) mass is 446 g/mol. The molecule has 1 N–H and O–H groups in total. The number of ether oxygens (including phenoxy) is 1. The zero-order valence-corrected chi connectivity index (χ0v) is 18.2. The first kappa shape index (κ1) is 22.5. The van der Waals surface area contributed by atoms with Gasteiger partial charge in [0.05, 0.1) is 16.8 Å². The van der Waals surface area contributed by atoms with Crippen LogP contribution in [0.3, 0.4) is 0 Å². The number of carbonyl (C=O) groups excluding carboxylic acids is 1. The number of nitrogens with one attached hydrogen (secondary N) is 1. The highest BCUT2D eigenvalue weighted by Crippen LogP contribution is 2.33. The summed E-state index contributed by atoms with van der Waals surface area (Å²) in [5.41, 5.74) is 0.767. The lowest BCUT2D eigenvalue weighted by Crippen LogP contribution is -2.30. The zero-order chi connectivity index (χ0) is 22.6. The Labute approximate surface area is 180 Å². The summed E-state index contributed by atoms with van der Waals surface area (Å²) >= 11 is 0. The van der Waals surface area contributed by atoms with Crippen LogP contribution in [0.4, 0.5) is 10.1 Å². The van der Waals surface area contributed by atoms with E-state index < -0.39 is 21.7 Å². The third-order valence-corrected chi connectivity index (χ3v) is 6.70. The molecule has 0 aliphatic carbocycles. The van der Waals surface area contributed by atoms with Gasteiger partial charge in [-0.25, -0.2) is 12.8 Å². The van der Waals surface area contributed by atoms with Crippen LogP contribution in [0.1, 0.15) is 30.0 Å². The smallest absolute Gasteiger partial charge is 0.291 e. The number of furan rings is 1. The van der Waals surface area contributed by atoms with Crippen molar-refractivity contribution in [1.29, 1.82) is 0 Å². The number of aryl methyl sites for hydroxylation is 1. The summed E-state index contributed by atoms with van der Waals surface area (Å²) in [6, 6.07) is 11.2. The fraction of sp³-hybridized carbons (Fsp3) is 0.227. The number of nitrogens with zero attached hydrogens (tertiary/aromatic N) is 1. The molecule has 3 rings (SSSR count). The second kappa shape index (κ2) is 9.32. The van der Waals surface area contributed by atoms with Gasteiger partial charge in [-0.2, -0.15) is 4.31 Å². The molecule has 0 spiro atoms. The van der Waals surface area contributed by atoms with Gasteiger partial charge in [0, 0.05) is 18.7 Å². The van der Waals surface area contributed by atoms with Gasteiger partial charge in [-0.1, -0.05) is 13.8 Å². The van der Waals surface area contributed by atoms with Gasteiger partial charge in [-0.3, -0.25) is 4.79 Å². The number of hydrogen-bond acceptors (Lipinski definition) is 5. The maximum absolute atomic E-state index is 13.2. The van der Waals surface area contributed by atoms with Gasteiger partial charge in [0.2, 0.25) is 10.0 Å². The lowest BCUT2D eigenvalue weighted by atomic mass is 10.2. The van der Waals surface area contributed by atoms with Gasteiger partial charge >= 0.3 is 0 Å². The van der Waals surface area contributed by atoms with Crippen LogP contribution < -0.4 is 10.1 Å². The Morgan fingerprint density at radius 3 is 2.35 bits per heavy atom. The van der Waals surface area contributed by atoms with Crippen LogP contribution in [-0.4, -0.2) is 31.7 Å². The van der Waals surface area contributed by atoms with Crippen LogP contribution in [0.5, 0.6) is 11.5 Å². The minimum atomic E-state index is -3.76. The highest BCUT2D eigenvalue weighted by molar-refractivity contribution is 7.89. The lowest BCUT2D eigenvalue weighted by Gasteiger charge is -2.20. The number of rotatable bonds is 8. The van der Waals surface area contributed by atoms with Crippen LogP contribution in [-0.2, 0) is 10.0 Å². The van der Waals surface area contributed by atoms with E-state index in [1.807, 2.05) is 0 Å². The minimum Gasteiger partial charge on any atom is -0.459 e. The normalized spacial score (nSPS) is 11.5. The highest BCUT2D eigenvalue weighted by Gasteiger charge is 2.24. The van der Waals surface area contributed by atoms with Crippen molar-refractivity contribution in [2.45, 2.75) is 25.7 Å². The maximum atomic E-state index is 13.2. The van der Waals surface area contributed by atoms with Crippen molar-refractivity contribution in [3.05, 3.63) is 71.9 Å². The summed E-state index contributed by atoms with van der Waals surface area (Å²) in [5.74, 6) is -0.350. The molecule has 0 unspecified atom stereocenters. The molecule has 0 atom stereocenters. The second-order valence-corrected chi connectivity index (χ2v) is 8.63. The second-order valence-electron chi connectivity index (χ2n) is 6.69. The van der Waals surface area contributed by atoms with Crippen molar-refractivity contribution in [2.24, 2.45) is 0 Å². The molecule has 3 aromatic rings. The van der Waals surface area contributed by atoms with Crippen LogP contribution in [0.25, 0.3) is 0 Å². The number of benzene rings is 2. The summed E-state index contributed by atoms with van der Waals surface area (Å²) in [7, 11) is -3.76. The predicted molar refractivity (Wildman–Crippen MR) is 114 cm³/mol. The van der Waals surface area contributed by atoms with E-state index in [4.69, 9.17) is 9.15 Å². The van der Waals surface area contributed by atoms with E-state index in [1.54, 1.807) is 26.8 Å². The van der Waals surface area contributed by atoms with E-state index in [0.717, 1.165) is 0 Å². The number of halogens is 1. The summed E-state index contributed by atoms with van der Waals surface area (Å²) < 4.78 is 51.4. The average Bonchev–Trinajstić information content (AvgIpc) is 3.17. The third kappa shape index (κ3) is 4.95. The quantitative estimate of drug-likeness (QED) is 0.537. The molecule has 0 fully saturated rings. The van der Waals surface area contributed by atoms with Crippen LogP contribution >= 0.6 is 0 Å². The number of sulfonamides is 1. The standard InChI is InChI=1S/C22H23FN2O5S/c1-4-25(5-2)31(27,28)18-10-11-20(30-17-8-6-16(23)7-9-17)19(14-18)24-22(26)21-15(3)12-13-29-21/h6-14H,4-5H2,1-3H3,(H,24,26). The van der Waals surface area contributed by atoms with E-state index in [-0.39, 0.29) is 22.1 Å². The Kier molecular flexibility index (Phi) is 6.77. The van der Waals surface area contributed by atoms with E-state index >= 15 is 0 Å². The third-order valence-electron chi connectivity index (χ3n) is 4.65. The maximum Gasteiger partial charge on any atom is 0.291 e. The molecular formula is C22H23FN2O5S. The molecule has 0 saturated carbocycles. The fourth-order valence-electron chi connectivity index (χ4n) is 2.98. The fourth-order valence-corrected chi connectivity index (χ4v) is 4.47. The van der Waals surface area contributed by atoms with E-state index in [2.05, 4.69) is 5.32 Å². The number of carbonyl (C=O) groups is 1. The Bertz CT molecular complexity index is 1170. The van der Waals surface area contributed by atoms with Crippen LogP contribution in [0, 0.1) is 12.7 Å². The van der Waals surface area contributed by atoms with Crippen LogP contribution in [0.2, 0.25) is 0 Å². The topological polar surface area (TPSA) is 88.9 Å². The Morgan fingerprint density at radius 2 is 1.77 bits per heavy atom. The van der Waals surface area contributed by atoms with Gasteiger partial charge in [0.25, 0.3) is 5.91 Å². The summed E-state index contributed by atoms with van der Waals surface area (Å²) in [6.07, 6.45) is 1.39. The molecule has 7 nitrogen and oxygen atoms in total. The largest absolute Gasteiger partial charge is 0.459 e. The first-order valence-electron chi connectivity index (χ1n) is 9.69. The van der Waals surface area contributed by atoms with Crippen molar-refractivity contribution < 1.29 is 26.8 Å². The van der Waals surface area contributed by atoms with Crippen molar-refractivity contribution >= 4 is 21.6 Å². The van der Waals surface area contributed by atoms with Gasteiger partial charge in [-0.15, -0.1) is 0 Å². The summed E-state index contributed by atoms with van der Waals surface area (Å²) in [6.45, 7) is 5.82. The summed E-state index contributed by atoms with van der Waals surface area (Å²) in [4.78, 5) is 12.7. The molecule has 0 radical (unpaired) electrons. The molecule has 9 heteroatoms. The summed E-state index contributed by atoms with van der Waals surface area (Å²) in [5, 5.41) is 2.66. The SMILES string of the molecule is CCN(CC)S(=O)(=O)c1ccc(Oc2ccc(F)cc2)c(NC(=O)c2occc2C)c1. The average molecular weight is 447 g/mol. The first-order valence-corrected chi connectivity index (χ1v) is 11.1. The van der Waals surface area contributed by atoms with Crippen molar-refractivity contribution in [3.8, 4) is 11.5 Å². The first-order chi connectivity index (χ1) is 14.8. The number of anilines is 1. The predicted octanol–water partition coefficient (Wildman–Crippen LogP) is 4.80. The Balaban J connectivity index is 2.02. The van der Waals surface area contributed by atoms with Gasteiger partial charge in [0.15, 0.2) is 11.5 Å². The van der Waals surface area contributed by atoms with Crippen LogP contribution in [0.15, 0.2) is 64.1 Å². The van der Waals surface area contributed by atoms with Gasteiger partial charge in [0.1, 0.15) is 11.6 Å². The molecule has 1 heterocycles. The zero-order valence-electron chi connectivity index (χ0n) is 17.4. The van der Waals surface area contributed by atoms with Crippen molar-refractivity contribution in [3.63, 3.8) is 0 Å². The van der Waals surface area contributed by atoms with Gasteiger partial charge in [-0.05, 0) is 55.5 Å². The molecule has 1 aromatic heterocycles. The molecule has 164 valence electrons.